The summed E-state index contributed by atoms with van der Waals surface area (Å²) in [4.78, 5) is 17.4. The first-order chi connectivity index (χ1) is 11.2. The van der Waals surface area contributed by atoms with Crippen molar-refractivity contribution in [1.82, 2.24) is 10.2 Å². The first-order valence-corrected chi connectivity index (χ1v) is 8.51. The molecule has 1 heterocycles. The topological polar surface area (TPSA) is 70.8 Å². The van der Waals surface area contributed by atoms with Crippen LogP contribution in [0.2, 0.25) is 0 Å². The van der Waals surface area contributed by atoms with E-state index in [0.29, 0.717) is 12.6 Å². The van der Waals surface area contributed by atoms with Gasteiger partial charge in [-0.05, 0) is 31.2 Å². The predicted octanol–water partition coefficient (Wildman–Crippen LogP) is 3.08. The highest BCUT2D eigenvalue weighted by atomic mass is 16.6. The van der Waals surface area contributed by atoms with E-state index in [0.717, 1.165) is 24.6 Å². The molecule has 0 spiro atoms. The van der Waals surface area contributed by atoms with Crippen LogP contribution in [0.3, 0.4) is 0 Å². The zero-order valence-electron chi connectivity index (χ0n) is 13.4. The van der Waals surface area contributed by atoms with E-state index in [1.54, 1.807) is 24.3 Å². The number of aliphatic imine (C=N–C) groups is 1. The van der Waals surface area contributed by atoms with E-state index in [4.69, 9.17) is 4.99 Å². The number of nitrogens with zero attached hydrogens (tertiary/aromatic N) is 3. The van der Waals surface area contributed by atoms with E-state index in [1.807, 2.05) is 0 Å². The molecule has 23 heavy (non-hydrogen) atoms. The second kappa shape index (κ2) is 7.44. The fourth-order valence-electron chi connectivity index (χ4n) is 3.31. The first-order valence-electron chi connectivity index (χ1n) is 8.51. The van der Waals surface area contributed by atoms with Gasteiger partial charge in [-0.1, -0.05) is 25.0 Å². The van der Waals surface area contributed by atoms with E-state index < -0.39 is 0 Å². The molecule has 2 aliphatic rings. The van der Waals surface area contributed by atoms with Crippen LogP contribution in [-0.4, -0.2) is 34.9 Å². The number of guanidine groups is 1. The van der Waals surface area contributed by atoms with Gasteiger partial charge in [0.2, 0.25) is 0 Å². The van der Waals surface area contributed by atoms with Crippen molar-refractivity contribution in [3.8, 4) is 0 Å². The minimum atomic E-state index is -0.371. The molecule has 0 radical (unpaired) electrons. The molecular formula is C17H24N4O2. The number of nitro groups is 1. The molecule has 1 saturated carbocycles. The molecule has 6 heteroatoms. The van der Waals surface area contributed by atoms with Gasteiger partial charge in [0.1, 0.15) is 0 Å². The van der Waals surface area contributed by atoms with Gasteiger partial charge in [0, 0.05) is 31.3 Å². The molecule has 1 aromatic carbocycles. The summed E-state index contributed by atoms with van der Waals surface area (Å²) in [5.41, 5.74) is 1.13. The van der Waals surface area contributed by atoms with Crippen LogP contribution < -0.4 is 5.32 Å². The van der Waals surface area contributed by atoms with Crippen LogP contribution in [0, 0.1) is 10.1 Å². The summed E-state index contributed by atoms with van der Waals surface area (Å²) >= 11 is 0. The Morgan fingerprint density at radius 1 is 1.17 bits per heavy atom. The Hall–Kier alpha value is -2.11. The zero-order chi connectivity index (χ0) is 16.1. The maximum Gasteiger partial charge on any atom is 0.269 e. The van der Waals surface area contributed by atoms with Gasteiger partial charge in [-0.25, -0.2) is 4.99 Å². The van der Waals surface area contributed by atoms with Crippen molar-refractivity contribution < 1.29 is 4.92 Å². The highest BCUT2D eigenvalue weighted by molar-refractivity contribution is 5.80. The van der Waals surface area contributed by atoms with Crippen molar-refractivity contribution in [3.63, 3.8) is 0 Å². The van der Waals surface area contributed by atoms with E-state index in [1.165, 1.54) is 38.5 Å². The first kappa shape index (κ1) is 15.8. The molecule has 3 rings (SSSR count). The lowest BCUT2D eigenvalue weighted by Crippen LogP contribution is -2.44. The molecule has 1 aliphatic carbocycles. The molecule has 1 aliphatic heterocycles. The van der Waals surface area contributed by atoms with Gasteiger partial charge in [-0.15, -0.1) is 0 Å². The summed E-state index contributed by atoms with van der Waals surface area (Å²) in [6, 6.07) is 7.22. The molecule has 0 bridgehead atoms. The van der Waals surface area contributed by atoms with E-state index in [-0.39, 0.29) is 10.6 Å². The average Bonchev–Trinajstić information content (AvgIpc) is 3.25. The lowest BCUT2D eigenvalue weighted by molar-refractivity contribution is -0.384. The number of rotatable bonds is 4. The summed E-state index contributed by atoms with van der Waals surface area (Å²) < 4.78 is 0. The van der Waals surface area contributed by atoms with Gasteiger partial charge in [0.05, 0.1) is 11.5 Å². The van der Waals surface area contributed by atoms with E-state index in [2.05, 4.69) is 10.2 Å². The summed E-state index contributed by atoms with van der Waals surface area (Å²) in [7, 11) is 0. The fourth-order valence-corrected chi connectivity index (χ4v) is 3.31. The maximum atomic E-state index is 10.7. The van der Waals surface area contributed by atoms with Crippen LogP contribution in [-0.2, 0) is 6.54 Å². The molecule has 2 fully saturated rings. The summed E-state index contributed by atoms with van der Waals surface area (Å²) in [5.74, 6) is 1.01. The lowest BCUT2D eigenvalue weighted by Gasteiger charge is -2.24. The van der Waals surface area contributed by atoms with Crippen LogP contribution in [0.25, 0.3) is 0 Å². The molecule has 124 valence electrons. The van der Waals surface area contributed by atoms with Crippen molar-refractivity contribution in [2.24, 2.45) is 4.99 Å². The van der Waals surface area contributed by atoms with Gasteiger partial charge < -0.3 is 10.2 Å². The van der Waals surface area contributed by atoms with Gasteiger partial charge in [-0.3, -0.25) is 10.1 Å². The standard InChI is InChI=1S/C17H24N4O2/c22-21(23)16-9-7-14(8-10-16)13-18-17(20-11-3-4-12-20)19-15-5-1-2-6-15/h7-10,15H,1-6,11-13H2,(H,18,19). The second-order valence-electron chi connectivity index (χ2n) is 6.38. The Morgan fingerprint density at radius 2 is 1.83 bits per heavy atom. The Morgan fingerprint density at radius 3 is 2.43 bits per heavy atom. The lowest BCUT2D eigenvalue weighted by atomic mass is 10.2. The van der Waals surface area contributed by atoms with Crippen LogP contribution >= 0.6 is 0 Å². The summed E-state index contributed by atoms with van der Waals surface area (Å²) in [5, 5.41) is 14.3. The number of benzene rings is 1. The van der Waals surface area contributed by atoms with Gasteiger partial charge in [0.25, 0.3) is 5.69 Å². The zero-order valence-corrected chi connectivity index (χ0v) is 13.4. The Bertz CT molecular complexity index is 558. The minimum Gasteiger partial charge on any atom is -0.353 e. The highest BCUT2D eigenvalue weighted by Gasteiger charge is 2.21. The molecule has 0 amide bonds. The number of nitrogens with one attached hydrogen (secondary N) is 1. The van der Waals surface area contributed by atoms with E-state index >= 15 is 0 Å². The summed E-state index contributed by atoms with van der Waals surface area (Å²) in [6.45, 7) is 2.70. The summed E-state index contributed by atoms with van der Waals surface area (Å²) in [6.07, 6.45) is 7.50. The predicted molar refractivity (Wildman–Crippen MR) is 90.4 cm³/mol. The molecule has 1 aromatic rings. The number of likely N-dealkylation sites (tertiary alicyclic amines) is 1. The third-order valence-corrected chi connectivity index (χ3v) is 4.65. The van der Waals surface area contributed by atoms with Gasteiger partial charge in [0.15, 0.2) is 5.96 Å². The largest absolute Gasteiger partial charge is 0.353 e. The number of nitro benzene ring substituents is 1. The maximum absolute atomic E-state index is 10.7. The fraction of sp³-hybridized carbons (Fsp3) is 0.588. The smallest absolute Gasteiger partial charge is 0.269 e. The van der Waals surface area contributed by atoms with Crippen molar-refractivity contribution in [1.29, 1.82) is 0 Å². The second-order valence-corrected chi connectivity index (χ2v) is 6.38. The molecule has 1 N–H and O–H groups in total. The molecule has 0 atom stereocenters. The van der Waals surface area contributed by atoms with Crippen molar-refractivity contribution >= 4 is 11.6 Å². The SMILES string of the molecule is O=[N+]([O-])c1ccc(CN=C(NC2CCCC2)N2CCCC2)cc1. The molecule has 0 unspecified atom stereocenters. The monoisotopic (exact) mass is 316 g/mol. The van der Waals surface area contributed by atoms with Crippen molar-refractivity contribution in [3.05, 3.63) is 39.9 Å². The minimum absolute atomic E-state index is 0.126. The molecule has 1 saturated heterocycles. The normalized spacial score (nSPS) is 19.3. The number of hydrogen-bond donors (Lipinski definition) is 1. The Balaban J connectivity index is 1.67. The molecule has 6 nitrogen and oxygen atoms in total. The van der Waals surface area contributed by atoms with Crippen LogP contribution in [0.15, 0.2) is 29.3 Å². The van der Waals surface area contributed by atoms with Crippen LogP contribution in [0.1, 0.15) is 44.1 Å². The molecule has 0 aromatic heterocycles. The van der Waals surface area contributed by atoms with Crippen molar-refractivity contribution in [2.75, 3.05) is 13.1 Å². The van der Waals surface area contributed by atoms with Gasteiger partial charge >= 0.3 is 0 Å². The Kier molecular flexibility index (Phi) is 5.10. The third kappa shape index (κ3) is 4.21. The quantitative estimate of drug-likeness (QED) is 0.401. The van der Waals surface area contributed by atoms with Crippen LogP contribution in [0.4, 0.5) is 5.69 Å². The van der Waals surface area contributed by atoms with Crippen molar-refractivity contribution in [2.45, 2.75) is 51.1 Å². The molecular weight excluding hydrogens is 292 g/mol. The van der Waals surface area contributed by atoms with E-state index in [9.17, 15) is 10.1 Å². The average molecular weight is 316 g/mol. The number of hydrogen-bond acceptors (Lipinski definition) is 3. The van der Waals surface area contributed by atoms with Crippen LogP contribution in [0.5, 0.6) is 0 Å². The highest BCUT2D eigenvalue weighted by Crippen LogP contribution is 2.19. The van der Waals surface area contributed by atoms with Gasteiger partial charge in [-0.2, -0.15) is 0 Å². The Labute approximate surface area is 136 Å². The number of non-ortho nitro benzene ring substituents is 1. The third-order valence-electron chi connectivity index (χ3n) is 4.65.